The quantitative estimate of drug-likeness (QED) is 0.840. The zero-order valence-electron chi connectivity index (χ0n) is 12.1. The minimum Gasteiger partial charge on any atom is -0.339 e. The average Bonchev–Trinajstić information content (AvgIpc) is 2.88. The van der Waals surface area contributed by atoms with Crippen LogP contribution >= 0.6 is 0 Å². The van der Waals surface area contributed by atoms with E-state index in [1.54, 1.807) is 28.4 Å². The van der Waals surface area contributed by atoms with Crippen LogP contribution in [-0.2, 0) is 17.1 Å². The van der Waals surface area contributed by atoms with Crippen LogP contribution < -0.4 is 0 Å². The van der Waals surface area contributed by atoms with Crippen LogP contribution in [0.15, 0.2) is 17.6 Å². The number of rotatable bonds is 2. The molecule has 20 heavy (non-hydrogen) atoms. The third-order valence-electron chi connectivity index (χ3n) is 4.98. The topological polar surface area (TPSA) is 55.2 Å². The van der Waals surface area contributed by atoms with Crippen LogP contribution in [0.4, 0.5) is 0 Å². The number of aromatic nitrogens is 2. The van der Waals surface area contributed by atoms with Gasteiger partial charge in [0.05, 0.1) is 6.33 Å². The fraction of sp³-hybridized carbons (Fsp3) is 0.786. The first-order valence-electron chi connectivity index (χ1n) is 7.50. The fourth-order valence-electron chi connectivity index (χ4n) is 3.66. The van der Waals surface area contributed by atoms with Gasteiger partial charge in [0.1, 0.15) is 0 Å². The van der Waals surface area contributed by atoms with Crippen molar-refractivity contribution in [1.29, 1.82) is 0 Å². The monoisotopic (exact) mass is 297 g/mol. The molecule has 2 aliphatic rings. The number of aryl methyl sites for hydroxylation is 1. The summed E-state index contributed by atoms with van der Waals surface area (Å²) in [5, 5.41) is 0.180. The van der Waals surface area contributed by atoms with Gasteiger partial charge < -0.3 is 4.57 Å². The van der Waals surface area contributed by atoms with Crippen LogP contribution in [0.5, 0.6) is 0 Å². The Hall–Kier alpha value is -0.880. The van der Waals surface area contributed by atoms with Crippen LogP contribution in [0.2, 0.25) is 0 Å². The molecule has 1 aromatic heterocycles. The molecule has 0 radical (unpaired) electrons. The summed E-state index contributed by atoms with van der Waals surface area (Å²) in [6.45, 7) is 1.30. The first-order chi connectivity index (χ1) is 9.52. The van der Waals surface area contributed by atoms with E-state index in [0.717, 1.165) is 12.8 Å². The summed E-state index contributed by atoms with van der Waals surface area (Å²) in [7, 11) is -1.60. The van der Waals surface area contributed by atoms with E-state index in [0.29, 0.717) is 18.5 Å². The summed E-state index contributed by atoms with van der Waals surface area (Å²) in [6, 6.07) is 0. The summed E-state index contributed by atoms with van der Waals surface area (Å²) < 4.78 is 28.3. The fourth-order valence-corrected chi connectivity index (χ4v) is 5.06. The van der Waals surface area contributed by atoms with E-state index in [1.807, 2.05) is 0 Å². The van der Waals surface area contributed by atoms with Crippen LogP contribution in [0, 0.1) is 5.41 Å². The van der Waals surface area contributed by atoms with Crippen LogP contribution in [0.25, 0.3) is 0 Å². The number of hydrogen-bond donors (Lipinski definition) is 0. The van der Waals surface area contributed by atoms with Gasteiger partial charge in [-0.3, -0.25) is 0 Å². The van der Waals surface area contributed by atoms with Gasteiger partial charge in [0.25, 0.3) is 10.0 Å². The van der Waals surface area contributed by atoms with Gasteiger partial charge in [-0.25, -0.2) is 13.4 Å². The maximum absolute atomic E-state index is 12.5. The number of nitrogens with zero attached hydrogens (tertiary/aromatic N) is 3. The van der Waals surface area contributed by atoms with Crippen LogP contribution in [0.1, 0.15) is 44.9 Å². The molecule has 0 atom stereocenters. The summed E-state index contributed by atoms with van der Waals surface area (Å²) in [4.78, 5) is 4.00. The molecule has 1 saturated carbocycles. The second-order valence-corrected chi connectivity index (χ2v) is 8.23. The second-order valence-electron chi connectivity index (χ2n) is 6.34. The molecular formula is C14H23N3O2S. The predicted octanol–water partition coefficient (Wildman–Crippen LogP) is 2.16. The SMILES string of the molecule is Cn1cnc(S(=O)(=O)N2CCC3(CCCCC3)CC2)c1. The molecule has 5 nitrogen and oxygen atoms in total. The molecule has 1 aromatic rings. The summed E-state index contributed by atoms with van der Waals surface area (Å²) in [5.74, 6) is 0. The lowest BCUT2D eigenvalue weighted by Crippen LogP contribution is -2.43. The molecule has 1 aliphatic heterocycles. The van der Waals surface area contributed by atoms with E-state index >= 15 is 0 Å². The summed E-state index contributed by atoms with van der Waals surface area (Å²) in [5.41, 5.74) is 0.425. The van der Waals surface area contributed by atoms with Gasteiger partial charge in [-0.15, -0.1) is 0 Å². The highest BCUT2D eigenvalue weighted by Crippen LogP contribution is 2.45. The van der Waals surface area contributed by atoms with E-state index in [2.05, 4.69) is 4.98 Å². The first kappa shape index (κ1) is 14.1. The molecule has 3 rings (SSSR count). The molecule has 1 spiro atoms. The molecule has 0 bridgehead atoms. The number of imidazole rings is 1. The van der Waals surface area contributed by atoms with Crippen molar-refractivity contribution in [2.45, 2.75) is 50.0 Å². The van der Waals surface area contributed by atoms with Gasteiger partial charge >= 0.3 is 0 Å². The molecule has 112 valence electrons. The Morgan fingerprint density at radius 3 is 2.30 bits per heavy atom. The maximum Gasteiger partial charge on any atom is 0.262 e. The lowest BCUT2D eigenvalue weighted by atomic mass is 9.68. The molecule has 2 fully saturated rings. The number of hydrogen-bond acceptors (Lipinski definition) is 3. The van der Waals surface area contributed by atoms with Gasteiger partial charge in [0.2, 0.25) is 0 Å². The predicted molar refractivity (Wildman–Crippen MR) is 76.7 cm³/mol. The highest BCUT2D eigenvalue weighted by atomic mass is 32.2. The third-order valence-corrected chi connectivity index (χ3v) is 6.77. The van der Waals surface area contributed by atoms with Crippen molar-refractivity contribution in [2.75, 3.05) is 13.1 Å². The van der Waals surface area contributed by atoms with E-state index in [1.165, 1.54) is 32.1 Å². The van der Waals surface area contributed by atoms with Crippen molar-refractivity contribution in [1.82, 2.24) is 13.9 Å². The van der Waals surface area contributed by atoms with Crippen molar-refractivity contribution < 1.29 is 8.42 Å². The summed E-state index contributed by atoms with van der Waals surface area (Å²) in [6.07, 6.45) is 11.7. The number of sulfonamides is 1. The largest absolute Gasteiger partial charge is 0.339 e. The molecule has 2 heterocycles. The van der Waals surface area contributed by atoms with Crippen molar-refractivity contribution >= 4 is 10.0 Å². The highest BCUT2D eigenvalue weighted by Gasteiger charge is 2.39. The first-order valence-corrected chi connectivity index (χ1v) is 8.94. The Labute approximate surface area is 121 Å². The van der Waals surface area contributed by atoms with E-state index < -0.39 is 10.0 Å². The van der Waals surface area contributed by atoms with Crippen molar-refractivity contribution in [2.24, 2.45) is 12.5 Å². The molecule has 0 amide bonds. The minimum absolute atomic E-state index is 0.180. The molecular weight excluding hydrogens is 274 g/mol. The smallest absolute Gasteiger partial charge is 0.262 e. The normalized spacial score (nSPS) is 24.1. The molecule has 0 unspecified atom stereocenters. The van der Waals surface area contributed by atoms with Crippen molar-refractivity contribution in [3.05, 3.63) is 12.5 Å². The lowest BCUT2D eigenvalue weighted by Gasteiger charge is -2.43. The number of piperidine rings is 1. The zero-order valence-corrected chi connectivity index (χ0v) is 12.9. The molecule has 0 N–H and O–H groups in total. The Morgan fingerprint density at radius 1 is 1.10 bits per heavy atom. The van der Waals surface area contributed by atoms with Crippen molar-refractivity contribution in [3.63, 3.8) is 0 Å². The zero-order chi connectivity index (χ0) is 14.2. The van der Waals surface area contributed by atoms with E-state index in [4.69, 9.17) is 0 Å². The Kier molecular flexibility index (Phi) is 3.62. The molecule has 1 aliphatic carbocycles. The average molecular weight is 297 g/mol. The Balaban J connectivity index is 1.71. The standard InChI is InChI=1S/C14H23N3O2S/c1-16-11-13(15-12-16)20(18,19)17-9-7-14(8-10-17)5-3-2-4-6-14/h11-12H,2-10H2,1H3. The van der Waals surface area contributed by atoms with Gasteiger partial charge in [0, 0.05) is 26.3 Å². The van der Waals surface area contributed by atoms with E-state index in [9.17, 15) is 8.42 Å². The van der Waals surface area contributed by atoms with Gasteiger partial charge in [-0.05, 0) is 31.1 Å². The third kappa shape index (κ3) is 2.51. The van der Waals surface area contributed by atoms with Gasteiger partial charge in [-0.1, -0.05) is 19.3 Å². The minimum atomic E-state index is -3.40. The summed E-state index contributed by atoms with van der Waals surface area (Å²) >= 11 is 0. The molecule has 1 saturated heterocycles. The van der Waals surface area contributed by atoms with Crippen LogP contribution in [0.3, 0.4) is 0 Å². The Bertz CT molecular complexity index is 563. The Morgan fingerprint density at radius 2 is 1.75 bits per heavy atom. The van der Waals surface area contributed by atoms with Crippen molar-refractivity contribution in [3.8, 4) is 0 Å². The van der Waals surface area contributed by atoms with Crippen LogP contribution in [-0.4, -0.2) is 35.4 Å². The van der Waals surface area contributed by atoms with Gasteiger partial charge in [0.15, 0.2) is 5.03 Å². The maximum atomic E-state index is 12.5. The lowest BCUT2D eigenvalue weighted by molar-refractivity contribution is 0.102. The van der Waals surface area contributed by atoms with Gasteiger partial charge in [-0.2, -0.15) is 4.31 Å². The highest BCUT2D eigenvalue weighted by molar-refractivity contribution is 7.89. The molecule has 6 heteroatoms. The van der Waals surface area contributed by atoms with E-state index in [-0.39, 0.29) is 5.03 Å². The second kappa shape index (κ2) is 5.15. The molecule has 0 aromatic carbocycles.